The molecular formula is C23H33F6N5O. The summed E-state index contributed by atoms with van der Waals surface area (Å²) < 4.78 is 88.9. The molecule has 0 amide bonds. The van der Waals surface area contributed by atoms with Crippen LogP contribution in [0.2, 0.25) is 0 Å². The molecule has 0 aliphatic carbocycles. The summed E-state index contributed by atoms with van der Waals surface area (Å²) in [5, 5.41) is 6.13. The second-order valence-electron chi connectivity index (χ2n) is 9.82. The van der Waals surface area contributed by atoms with E-state index >= 15 is 0 Å². The number of alkyl halides is 6. The molecule has 6 N–H and O–H groups in total. The van der Waals surface area contributed by atoms with Crippen molar-refractivity contribution in [3.8, 4) is 0 Å². The Morgan fingerprint density at radius 1 is 0.829 bits per heavy atom. The second kappa shape index (κ2) is 10.9. The Balaban J connectivity index is 1.59. The molecular weight excluding hydrogens is 476 g/mol. The lowest BCUT2D eigenvalue weighted by molar-refractivity contribution is -0.215. The van der Waals surface area contributed by atoms with Crippen molar-refractivity contribution in [2.24, 2.45) is 17.6 Å². The third-order valence-corrected chi connectivity index (χ3v) is 7.26. The number of nitrogens with one attached hydrogen (secondary N) is 4. The van der Waals surface area contributed by atoms with Gasteiger partial charge in [0.25, 0.3) is 0 Å². The standard InChI is InChI=1S/C23H33F6N5O/c24-22(25,26)15-10-6-2-5-9-14(11-13-7-3-1-4-8-13)31-19-16(23(27,28)29)12-17(30)18(32-19)21-34-33-20(15)35-21/h1,3-4,7-8,14-21,31-34H,2,5-6,9-12,30H2/t14?,15-,16?,17?,18?,19?,20?,21?/m1/s1. The summed E-state index contributed by atoms with van der Waals surface area (Å²) in [5.41, 5.74) is 12.3. The van der Waals surface area contributed by atoms with Crippen molar-refractivity contribution in [3.63, 3.8) is 0 Å². The highest BCUT2D eigenvalue weighted by atomic mass is 19.4. The maximum Gasteiger partial charge on any atom is 0.395 e. The van der Waals surface area contributed by atoms with Gasteiger partial charge in [0.2, 0.25) is 0 Å². The van der Waals surface area contributed by atoms with E-state index in [4.69, 9.17) is 10.5 Å². The highest BCUT2D eigenvalue weighted by molar-refractivity contribution is 5.16. The van der Waals surface area contributed by atoms with Crippen LogP contribution in [0, 0.1) is 11.8 Å². The number of piperidine rings is 1. The molecule has 1 aromatic carbocycles. The quantitative estimate of drug-likeness (QED) is 0.394. The van der Waals surface area contributed by atoms with Gasteiger partial charge in [-0.1, -0.05) is 49.6 Å². The van der Waals surface area contributed by atoms with E-state index in [9.17, 15) is 26.3 Å². The van der Waals surface area contributed by atoms with Gasteiger partial charge in [-0.25, -0.2) is 10.9 Å². The lowest BCUT2D eigenvalue weighted by atomic mass is 9.85. The van der Waals surface area contributed by atoms with Crippen LogP contribution < -0.4 is 27.2 Å². The molecule has 3 aliphatic rings. The predicted molar refractivity (Wildman–Crippen MR) is 117 cm³/mol. The van der Waals surface area contributed by atoms with Gasteiger partial charge in [0.05, 0.1) is 24.0 Å². The molecule has 3 saturated heterocycles. The number of fused-ring (bicyclic) bond motifs is 5. The van der Waals surface area contributed by atoms with Crippen molar-refractivity contribution in [3.05, 3.63) is 35.9 Å². The Hall–Kier alpha value is -1.44. The van der Waals surface area contributed by atoms with E-state index < -0.39 is 54.9 Å². The Bertz CT molecular complexity index is 810. The van der Waals surface area contributed by atoms with E-state index in [2.05, 4.69) is 21.5 Å². The average molecular weight is 510 g/mol. The predicted octanol–water partition coefficient (Wildman–Crippen LogP) is 3.30. The summed E-state index contributed by atoms with van der Waals surface area (Å²) in [6, 6.07) is 7.35. The van der Waals surface area contributed by atoms with Crippen LogP contribution in [0.1, 0.15) is 44.1 Å². The summed E-state index contributed by atoms with van der Waals surface area (Å²) >= 11 is 0. The minimum Gasteiger partial charge on any atom is -0.340 e. The number of hydrogen-bond acceptors (Lipinski definition) is 6. The lowest BCUT2D eigenvalue weighted by Crippen LogP contribution is -2.70. The number of benzene rings is 1. The van der Waals surface area contributed by atoms with Crippen LogP contribution in [0.5, 0.6) is 0 Å². The van der Waals surface area contributed by atoms with Gasteiger partial charge in [-0.3, -0.25) is 10.6 Å². The summed E-state index contributed by atoms with van der Waals surface area (Å²) in [7, 11) is 0. The van der Waals surface area contributed by atoms with Crippen molar-refractivity contribution < 1.29 is 31.1 Å². The largest absolute Gasteiger partial charge is 0.395 e. The van der Waals surface area contributed by atoms with E-state index in [1.54, 1.807) is 0 Å². The lowest BCUT2D eigenvalue weighted by Gasteiger charge is -2.45. The van der Waals surface area contributed by atoms with Gasteiger partial charge in [-0.15, -0.1) is 0 Å². The molecule has 3 aliphatic heterocycles. The zero-order valence-electron chi connectivity index (χ0n) is 19.2. The van der Waals surface area contributed by atoms with Crippen LogP contribution in [-0.2, 0) is 11.2 Å². The summed E-state index contributed by atoms with van der Waals surface area (Å²) in [4.78, 5) is 0. The Labute approximate surface area is 200 Å². The van der Waals surface area contributed by atoms with Crippen LogP contribution >= 0.6 is 0 Å². The minimum absolute atomic E-state index is 0.102. The molecule has 8 atom stereocenters. The van der Waals surface area contributed by atoms with Crippen LogP contribution in [0.4, 0.5) is 26.3 Å². The molecule has 198 valence electrons. The first-order chi connectivity index (χ1) is 16.5. The maximum absolute atomic E-state index is 14.0. The van der Waals surface area contributed by atoms with Crippen LogP contribution in [0.3, 0.4) is 0 Å². The number of rotatable bonds is 2. The molecule has 7 unspecified atom stereocenters. The first-order valence-corrected chi connectivity index (χ1v) is 12.1. The zero-order chi connectivity index (χ0) is 25.2. The third-order valence-electron chi connectivity index (χ3n) is 7.26. The van der Waals surface area contributed by atoms with E-state index in [1.807, 2.05) is 30.3 Å². The van der Waals surface area contributed by atoms with E-state index in [0.717, 1.165) is 5.56 Å². The highest BCUT2D eigenvalue weighted by Crippen LogP contribution is 2.38. The maximum atomic E-state index is 14.0. The highest BCUT2D eigenvalue weighted by Gasteiger charge is 2.54. The molecule has 12 heteroatoms. The van der Waals surface area contributed by atoms with Crippen molar-refractivity contribution in [2.75, 3.05) is 0 Å². The molecule has 6 nitrogen and oxygen atoms in total. The minimum atomic E-state index is -4.50. The number of halogens is 6. The smallest absolute Gasteiger partial charge is 0.340 e. The zero-order valence-corrected chi connectivity index (χ0v) is 19.2. The third kappa shape index (κ3) is 6.66. The van der Waals surface area contributed by atoms with Gasteiger partial charge in [0.1, 0.15) is 12.5 Å². The van der Waals surface area contributed by atoms with Crippen LogP contribution in [0.25, 0.3) is 0 Å². The molecule has 4 bridgehead atoms. The topological polar surface area (TPSA) is 83.4 Å². The Morgan fingerprint density at radius 3 is 2.17 bits per heavy atom. The molecule has 3 heterocycles. The molecule has 0 radical (unpaired) electrons. The fourth-order valence-corrected chi connectivity index (χ4v) is 5.40. The monoisotopic (exact) mass is 509 g/mol. The van der Waals surface area contributed by atoms with E-state index in [-0.39, 0.29) is 18.9 Å². The molecule has 35 heavy (non-hydrogen) atoms. The van der Waals surface area contributed by atoms with E-state index in [1.165, 1.54) is 0 Å². The second-order valence-corrected chi connectivity index (χ2v) is 9.82. The number of hydrogen-bond donors (Lipinski definition) is 5. The molecule has 1 aromatic rings. The fourth-order valence-electron chi connectivity index (χ4n) is 5.40. The SMILES string of the molecule is NC1CC(C(F)(F)F)C2NC(Cc3ccccc3)CCCCC[C@@H](C(F)(F)F)C3NNC(O3)C1N2. The normalized spacial score (nSPS) is 37.6. The van der Waals surface area contributed by atoms with Crippen molar-refractivity contribution in [2.45, 2.75) is 94.0 Å². The summed E-state index contributed by atoms with van der Waals surface area (Å²) in [5.74, 6) is -3.48. The Kier molecular flexibility index (Phi) is 8.29. The summed E-state index contributed by atoms with van der Waals surface area (Å²) in [6.07, 6.45) is -10.4. The number of nitrogens with two attached hydrogens (primary N) is 1. The summed E-state index contributed by atoms with van der Waals surface area (Å²) in [6.45, 7) is 0. The van der Waals surface area contributed by atoms with Crippen LogP contribution in [0.15, 0.2) is 30.3 Å². The molecule has 0 aromatic heterocycles. The molecule has 0 saturated carbocycles. The van der Waals surface area contributed by atoms with Crippen molar-refractivity contribution in [1.82, 2.24) is 21.5 Å². The molecule has 3 fully saturated rings. The first-order valence-electron chi connectivity index (χ1n) is 12.1. The van der Waals surface area contributed by atoms with Gasteiger partial charge in [-0.05, 0) is 31.2 Å². The Morgan fingerprint density at radius 2 is 1.49 bits per heavy atom. The molecule has 4 rings (SSSR count). The number of hydrazine groups is 1. The van der Waals surface area contributed by atoms with Gasteiger partial charge < -0.3 is 10.5 Å². The molecule has 0 spiro atoms. The van der Waals surface area contributed by atoms with Crippen molar-refractivity contribution in [1.29, 1.82) is 0 Å². The van der Waals surface area contributed by atoms with Gasteiger partial charge in [0, 0.05) is 12.1 Å². The fraction of sp³-hybridized carbons (Fsp3) is 0.739. The van der Waals surface area contributed by atoms with E-state index in [0.29, 0.717) is 32.1 Å². The van der Waals surface area contributed by atoms with Gasteiger partial charge in [-0.2, -0.15) is 26.3 Å². The van der Waals surface area contributed by atoms with Gasteiger partial charge in [0.15, 0.2) is 0 Å². The van der Waals surface area contributed by atoms with Crippen molar-refractivity contribution >= 4 is 0 Å². The van der Waals surface area contributed by atoms with Crippen LogP contribution in [-0.4, -0.2) is 49.1 Å². The average Bonchev–Trinajstić information content (AvgIpc) is 3.24. The first kappa shape index (κ1) is 26.6. The van der Waals surface area contributed by atoms with Gasteiger partial charge >= 0.3 is 12.4 Å². The number of ether oxygens (including phenoxy) is 1.